The smallest absolute Gasteiger partial charge is 0.306 e. The van der Waals surface area contributed by atoms with Gasteiger partial charge in [-0.05, 0) is 25.7 Å². The van der Waals surface area contributed by atoms with Crippen LogP contribution in [0.4, 0.5) is 0 Å². The van der Waals surface area contributed by atoms with Crippen LogP contribution in [0, 0.1) is 11.8 Å². The van der Waals surface area contributed by atoms with Crippen molar-refractivity contribution in [1.82, 2.24) is 0 Å². The molecule has 90 valence electrons. The van der Waals surface area contributed by atoms with Gasteiger partial charge in [0.05, 0.1) is 13.0 Å². The second kappa shape index (κ2) is 6.46. The van der Waals surface area contributed by atoms with E-state index in [1.54, 1.807) is 6.92 Å². The van der Waals surface area contributed by atoms with Crippen molar-refractivity contribution in [2.24, 2.45) is 11.8 Å². The van der Waals surface area contributed by atoms with Gasteiger partial charge in [-0.3, -0.25) is 9.59 Å². The molecular weight excluding hydrogens is 204 g/mol. The van der Waals surface area contributed by atoms with E-state index in [2.05, 4.69) is 6.58 Å². The number of carbonyl (C=O) groups excluding carboxylic acids is 2. The van der Waals surface area contributed by atoms with E-state index in [0.717, 1.165) is 19.3 Å². The summed E-state index contributed by atoms with van der Waals surface area (Å²) in [6, 6.07) is 0. The lowest BCUT2D eigenvalue weighted by Crippen LogP contribution is -2.19. The highest BCUT2D eigenvalue weighted by molar-refractivity contribution is 5.85. The fraction of sp³-hybridized carbons (Fsp3) is 0.692. The molecule has 16 heavy (non-hydrogen) atoms. The Balaban J connectivity index is 2.50. The highest BCUT2D eigenvalue weighted by Crippen LogP contribution is 2.27. The third kappa shape index (κ3) is 3.80. The van der Waals surface area contributed by atoms with E-state index in [4.69, 9.17) is 4.74 Å². The lowest BCUT2D eigenvalue weighted by atomic mass is 9.94. The van der Waals surface area contributed by atoms with Crippen molar-refractivity contribution in [3.05, 3.63) is 12.7 Å². The van der Waals surface area contributed by atoms with Crippen LogP contribution in [0.1, 0.15) is 39.0 Å². The number of ketones is 1. The molecule has 0 aromatic heterocycles. The van der Waals surface area contributed by atoms with Crippen molar-refractivity contribution in [2.75, 3.05) is 6.61 Å². The molecule has 1 aliphatic carbocycles. The number of esters is 1. The molecule has 0 radical (unpaired) electrons. The third-order valence-corrected chi connectivity index (χ3v) is 3.10. The van der Waals surface area contributed by atoms with Crippen LogP contribution >= 0.6 is 0 Å². The van der Waals surface area contributed by atoms with Gasteiger partial charge in [0.25, 0.3) is 0 Å². The van der Waals surface area contributed by atoms with E-state index in [1.807, 2.05) is 6.08 Å². The van der Waals surface area contributed by atoms with Crippen LogP contribution in [-0.2, 0) is 14.3 Å². The molecule has 0 aromatic rings. The van der Waals surface area contributed by atoms with E-state index in [9.17, 15) is 9.59 Å². The van der Waals surface area contributed by atoms with Gasteiger partial charge in [-0.25, -0.2) is 0 Å². The molecule has 3 nitrogen and oxygen atoms in total. The van der Waals surface area contributed by atoms with Crippen LogP contribution in [-0.4, -0.2) is 18.4 Å². The summed E-state index contributed by atoms with van der Waals surface area (Å²) in [5.74, 6) is 0.0945. The van der Waals surface area contributed by atoms with Gasteiger partial charge >= 0.3 is 5.97 Å². The first-order valence-corrected chi connectivity index (χ1v) is 5.98. The molecular formula is C13H20O3. The summed E-state index contributed by atoms with van der Waals surface area (Å²) < 4.78 is 4.88. The quantitative estimate of drug-likeness (QED) is 0.418. The molecule has 0 saturated heterocycles. The number of ether oxygens (including phenoxy) is 1. The van der Waals surface area contributed by atoms with Gasteiger partial charge in [-0.1, -0.05) is 12.5 Å². The average molecular weight is 224 g/mol. The van der Waals surface area contributed by atoms with Crippen LogP contribution in [0.5, 0.6) is 0 Å². The number of rotatable bonds is 4. The Morgan fingerprint density at radius 1 is 1.56 bits per heavy atom. The molecule has 1 rings (SSSR count). The van der Waals surface area contributed by atoms with Gasteiger partial charge < -0.3 is 4.74 Å². The second-order valence-electron chi connectivity index (χ2n) is 4.30. The highest BCUT2D eigenvalue weighted by Gasteiger charge is 2.27. The first-order valence-electron chi connectivity index (χ1n) is 5.98. The minimum absolute atomic E-state index is 0.135. The predicted molar refractivity (Wildman–Crippen MR) is 61.9 cm³/mol. The van der Waals surface area contributed by atoms with Gasteiger partial charge in [0.2, 0.25) is 0 Å². The molecule has 0 aromatic carbocycles. The Morgan fingerprint density at radius 2 is 2.31 bits per heavy atom. The summed E-state index contributed by atoms with van der Waals surface area (Å²) in [4.78, 5) is 23.2. The molecule has 0 unspecified atom stereocenters. The summed E-state index contributed by atoms with van der Waals surface area (Å²) in [5.41, 5.74) is 0. The minimum atomic E-state index is -0.252. The van der Waals surface area contributed by atoms with E-state index < -0.39 is 0 Å². The number of hydrogen-bond donors (Lipinski definition) is 0. The number of Topliss-reactive ketones (excluding diaryl/α,β-unsaturated/α-hetero) is 1. The molecule has 0 spiro atoms. The second-order valence-corrected chi connectivity index (χ2v) is 4.30. The average Bonchev–Trinajstić information content (AvgIpc) is 2.42. The molecule has 0 amide bonds. The number of hydrogen-bond acceptors (Lipinski definition) is 3. The fourth-order valence-electron chi connectivity index (χ4n) is 2.15. The maximum atomic E-state index is 11.9. The first-order chi connectivity index (χ1) is 7.67. The molecule has 0 N–H and O–H groups in total. The summed E-state index contributed by atoms with van der Waals surface area (Å²) >= 11 is 0. The largest absolute Gasteiger partial charge is 0.466 e. The Labute approximate surface area is 96.9 Å². The van der Waals surface area contributed by atoms with Gasteiger partial charge in [-0.15, -0.1) is 6.58 Å². The SMILES string of the molecule is C=C[C@@H]1CCC[C@@H](CC(=O)OCC)C(=O)C1. The Hall–Kier alpha value is -1.12. The summed E-state index contributed by atoms with van der Waals surface area (Å²) in [6.45, 7) is 5.89. The highest BCUT2D eigenvalue weighted by atomic mass is 16.5. The normalized spacial score (nSPS) is 25.9. The van der Waals surface area contributed by atoms with Crippen LogP contribution in [0.2, 0.25) is 0 Å². The zero-order valence-electron chi connectivity index (χ0n) is 9.91. The standard InChI is InChI=1S/C13H20O3/c1-3-10-6-5-7-11(12(14)8-10)9-13(15)16-4-2/h3,10-11H,1,4-9H2,2H3/t10-,11+/m1/s1. The van der Waals surface area contributed by atoms with Crippen LogP contribution in [0.25, 0.3) is 0 Å². The molecule has 1 aliphatic rings. The fourth-order valence-corrected chi connectivity index (χ4v) is 2.15. The Morgan fingerprint density at radius 3 is 2.94 bits per heavy atom. The van der Waals surface area contributed by atoms with Crippen molar-refractivity contribution in [3.8, 4) is 0 Å². The van der Waals surface area contributed by atoms with E-state index >= 15 is 0 Å². The molecule has 3 heteroatoms. The van der Waals surface area contributed by atoms with Gasteiger partial charge in [0.15, 0.2) is 0 Å². The van der Waals surface area contributed by atoms with Crippen molar-refractivity contribution in [2.45, 2.75) is 39.0 Å². The Kier molecular flexibility index (Phi) is 5.23. The van der Waals surface area contributed by atoms with Gasteiger partial charge in [0, 0.05) is 12.3 Å². The molecule has 0 bridgehead atoms. The first kappa shape index (κ1) is 12.9. The van der Waals surface area contributed by atoms with Crippen LogP contribution < -0.4 is 0 Å². The number of carbonyl (C=O) groups is 2. The summed E-state index contributed by atoms with van der Waals surface area (Å²) in [6.07, 6.45) is 5.44. The molecule has 2 atom stereocenters. The van der Waals surface area contributed by atoms with E-state index in [-0.39, 0.29) is 24.1 Å². The topological polar surface area (TPSA) is 43.4 Å². The zero-order valence-corrected chi connectivity index (χ0v) is 9.91. The zero-order chi connectivity index (χ0) is 12.0. The maximum Gasteiger partial charge on any atom is 0.306 e. The Bertz CT molecular complexity index is 270. The minimum Gasteiger partial charge on any atom is -0.466 e. The van der Waals surface area contributed by atoms with Crippen LogP contribution in [0.15, 0.2) is 12.7 Å². The van der Waals surface area contributed by atoms with Crippen molar-refractivity contribution >= 4 is 11.8 Å². The molecule has 0 heterocycles. The van der Waals surface area contributed by atoms with Crippen molar-refractivity contribution in [3.63, 3.8) is 0 Å². The third-order valence-electron chi connectivity index (χ3n) is 3.10. The summed E-state index contributed by atoms with van der Waals surface area (Å²) in [5, 5.41) is 0. The monoisotopic (exact) mass is 224 g/mol. The molecule has 1 saturated carbocycles. The van der Waals surface area contributed by atoms with E-state index in [0.29, 0.717) is 18.9 Å². The lowest BCUT2D eigenvalue weighted by Gasteiger charge is -2.11. The summed E-state index contributed by atoms with van der Waals surface area (Å²) in [7, 11) is 0. The number of allylic oxidation sites excluding steroid dienone is 1. The molecule has 0 aliphatic heterocycles. The van der Waals surface area contributed by atoms with Gasteiger partial charge in [-0.2, -0.15) is 0 Å². The van der Waals surface area contributed by atoms with Crippen LogP contribution in [0.3, 0.4) is 0 Å². The molecule has 1 fully saturated rings. The maximum absolute atomic E-state index is 11.9. The predicted octanol–water partition coefficient (Wildman–Crippen LogP) is 2.50. The van der Waals surface area contributed by atoms with Crippen molar-refractivity contribution in [1.29, 1.82) is 0 Å². The van der Waals surface area contributed by atoms with Crippen molar-refractivity contribution < 1.29 is 14.3 Å². The van der Waals surface area contributed by atoms with Gasteiger partial charge in [0.1, 0.15) is 5.78 Å². The lowest BCUT2D eigenvalue weighted by molar-refractivity contribution is -0.146. The van der Waals surface area contributed by atoms with E-state index in [1.165, 1.54) is 0 Å².